The smallest absolute Gasteiger partial charge is 0.424 e. The molecule has 2 N–H and O–H groups in total. The van der Waals surface area contributed by atoms with Gasteiger partial charge in [0.15, 0.2) is 18.3 Å². The number of hydrogen-bond donors (Lipinski definition) is 2. The molecule has 3 rings (SSSR count). The maximum atomic E-state index is 12.0. The molecule has 0 radical (unpaired) electrons. The van der Waals surface area contributed by atoms with Crippen molar-refractivity contribution >= 4 is 17.1 Å². The number of esters is 1. The number of oxazole rings is 1. The zero-order valence-electron chi connectivity index (χ0n) is 11.6. The van der Waals surface area contributed by atoms with Crippen LogP contribution in [0.1, 0.15) is 6.42 Å². The monoisotopic (exact) mass is 293 g/mol. The molecule has 0 saturated carbocycles. The van der Waals surface area contributed by atoms with Crippen LogP contribution < -0.4 is 10.7 Å². The SMILES string of the molecule is COC(=O)[C@@H]1C[C@H](O)C[NH+]1Cn1c(=O)oc2ccccc21. The second-order valence-corrected chi connectivity index (χ2v) is 5.25. The van der Waals surface area contributed by atoms with Crippen LogP contribution in [0.5, 0.6) is 0 Å². The molecule has 2 aromatic rings. The fourth-order valence-corrected chi connectivity index (χ4v) is 2.91. The molecular formula is C14H17N2O5+. The van der Waals surface area contributed by atoms with Crippen molar-refractivity contribution in [3.63, 3.8) is 0 Å². The summed E-state index contributed by atoms with van der Waals surface area (Å²) in [5.74, 6) is -0.837. The van der Waals surface area contributed by atoms with Gasteiger partial charge in [-0.2, -0.15) is 0 Å². The molecule has 0 bridgehead atoms. The topological polar surface area (TPSA) is 86.1 Å². The van der Waals surface area contributed by atoms with Crippen LogP contribution in [0.25, 0.3) is 11.1 Å². The van der Waals surface area contributed by atoms with Gasteiger partial charge in [-0.3, -0.25) is 0 Å². The van der Waals surface area contributed by atoms with Gasteiger partial charge < -0.3 is 19.2 Å². The van der Waals surface area contributed by atoms with Crippen molar-refractivity contribution in [2.75, 3.05) is 13.7 Å². The van der Waals surface area contributed by atoms with Crippen LogP contribution in [0.4, 0.5) is 0 Å². The molecule has 0 spiro atoms. The Kier molecular flexibility index (Phi) is 3.52. The molecule has 112 valence electrons. The molecule has 3 atom stereocenters. The van der Waals surface area contributed by atoms with Crippen molar-refractivity contribution in [1.29, 1.82) is 0 Å². The molecular weight excluding hydrogens is 276 g/mol. The lowest BCUT2D eigenvalue weighted by Crippen LogP contribution is -3.14. The van der Waals surface area contributed by atoms with E-state index in [1.165, 1.54) is 11.7 Å². The van der Waals surface area contributed by atoms with E-state index in [-0.39, 0.29) is 12.6 Å². The highest BCUT2D eigenvalue weighted by Gasteiger charge is 2.41. The van der Waals surface area contributed by atoms with Gasteiger partial charge in [-0.25, -0.2) is 14.2 Å². The van der Waals surface area contributed by atoms with Gasteiger partial charge in [0, 0.05) is 6.42 Å². The molecule has 1 aromatic carbocycles. The summed E-state index contributed by atoms with van der Waals surface area (Å²) < 4.78 is 11.4. The summed E-state index contributed by atoms with van der Waals surface area (Å²) in [7, 11) is 1.32. The standard InChI is InChI=1S/C14H16N2O5/c1-20-13(18)11-6-9(17)7-15(11)8-16-10-4-2-3-5-12(10)21-14(16)19/h2-5,9,11,17H,6-8H2,1H3/p+1/t9-,11-/m0/s1. The molecule has 21 heavy (non-hydrogen) atoms. The number of ether oxygens (including phenoxy) is 1. The molecule has 0 aliphatic carbocycles. The predicted molar refractivity (Wildman–Crippen MR) is 72.7 cm³/mol. The fraction of sp³-hybridized carbons (Fsp3) is 0.429. The van der Waals surface area contributed by atoms with E-state index < -0.39 is 17.9 Å². The van der Waals surface area contributed by atoms with E-state index in [0.29, 0.717) is 24.1 Å². The fourth-order valence-electron chi connectivity index (χ4n) is 2.91. The lowest BCUT2D eigenvalue weighted by atomic mass is 10.2. The zero-order chi connectivity index (χ0) is 15.0. The van der Waals surface area contributed by atoms with Gasteiger partial charge in [-0.1, -0.05) is 12.1 Å². The Balaban J connectivity index is 1.92. The van der Waals surface area contributed by atoms with Crippen molar-refractivity contribution in [3.8, 4) is 0 Å². The Hall–Kier alpha value is -2.12. The highest BCUT2D eigenvalue weighted by Crippen LogP contribution is 2.11. The van der Waals surface area contributed by atoms with Gasteiger partial charge in [0.1, 0.15) is 12.6 Å². The van der Waals surface area contributed by atoms with Crippen LogP contribution in [0.2, 0.25) is 0 Å². The van der Waals surface area contributed by atoms with E-state index in [4.69, 9.17) is 9.15 Å². The molecule has 1 aromatic heterocycles. The molecule has 1 fully saturated rings. The number of aromatic nitrogens is 1. The van der Waals surface area contributed by atoms with E-state index in [2.05, 4.69) is 0 Å². The molecule has 7 nitrogen and oxygen atoms in total. The molecule has 2 heterocycles. The van der Waals surface area contributed by atoms with Crippen LogP contribution in [0.3, 0.4) is 0 Å². The third-order valence-electron chi connectivity index (χ3n) is 3.92. The molecule has 7 heteroatoms. The number of benzene rings is 1. The molecule has 1 saturated heterocycles. The normalized spacial score (nSPS) is 25.3. The number of nitrogens with zero attached hydrogens (tertiary/aromatic N) is 1. The van der Waals surface area contributed by atoms with Gasteiger partial charge in [0.05, 0.1) is 12.6 Å². The lowest BCUT2D eigenvalue weighted by Gasteiger charge is -2.19. The van der Waals surface area contributed by atoms with Crippen LogP contribution in [0, 0.1) is 0 Å². The minimum atomic E-state index is -0.571. The van der Waals surface area contributed by atoms with Gasteiger partial charge in [0.25, 0.3) is 0 Å². The van der Waals surface area contributed by atoms with Crippen molar-refractivity contribution in [3.05, 3.63) is 34.8 Å². The van der Waals surface area contributed by atoms with Gasteiger partial charge >= 0.3 is 11.7 Å². The number of methoxy groups -OCH3 is 1. The number of aliphatic hydroxyl groups excluding tert-OH is 1. The first-order valence-corrected chi connectivity index (χ1v) is 6.79. The maximum absolute atomic E-state index is 12.0. The van der Waals surface area contributed by atoms with Crippen molar-refractivity contribution in [2.24, 2.45) is 0 Å². The van der Waals surface area contributed by atoms with Crippen LogP contribution in [0.15, 0.2) is 33.5 Å². The molecule has 1 aliphatic heterocycles. The lowest BCUT2D eigenvalue weighted by molar-refractivity contribution is -0.927. The Morgan fingerprint density at radius 2 is 2.29 bits per heavy atom. The molecule has 0 amide bonds. The third-order valence-corrected chi connectivity index (χ3v) is 3.92. The second kappa shape index (κ2) is 5.34. The number of rotatable bonds is 3. The number of hydrogen-bond acceptors (Lipinski definition) is 5. The van der Waals surface area contributed by atoms with Gasteiger partial charge in [-0.05, 0) is 12.1 Å². The number of fused-ring (bicyclic) bond motifs is 1. The number of carbonyl (C=O) groups excluding carboxylic acids is 1. The highest BCUT2D eigenvalue weighted by atomic mass is 16.5. The van der Waals surface area contributed by atoms with E-state index >= 15 is 0 Å². The third kappa shape index (κ3) is 2.45. The first-order valence-electron chi connectivity index (χ1n) is 6.79. The summed E-state index contributed by atoms with van der Waals surface area (Å²) in [4.78, 5) is 24.5. The Labute approximate surface area is 120 Å². The minimum absolute atomic E-state index is 0.257. The average Bonchev–Trinajstić information content (AvgIpc) is 2.99. The summed E-state index contributed by atoms with van der Waals surface area (Å²) in [6.45, 7) is 0.651. The van der Waals surface area contributed by atoms with Crippen LogP contribution >= 0.6 is 0 Å². The number of para-hydroxylation sites is 2. The summed E-state index contributed by atoms with van der Waals surface area (Å²) in [5.41, 5.74) is 1.19. The second-order valence-electron chi connectivity index (χ2n) is 5.25. The largest absolute Gasteiger partial charge is 0.465 e. The van der Waals surface area contributed by atoms with Crippen molar-refractivity contribution in [1.82, 2.24) is 4.57 Å². The van der Waals surface area contributed by atoms with E-state index in [1.807, 2.05) is 6.07 Å². The van der Waals surface area contributed by atoms with Crippen LogP contribution in [-0.4, -0.2) is 41.4 Å². The van der Waals surface area contributed by atoms with Crippen molar-refractivity contribution in [2.45, 2.75) is 25.2 Å². The maximum Gasteiger partial charge on any atom is 0.424 e. The first-order chi connectivity index (χ1) is 10.1. The number of likely N-dealkylation sites (tertiary alicyclic amines) is 1. The zero-order valence-corrected chi connectivity index (χ0v) is 11.6. The number of carbonyl (C=O) groups is 1. The summed E-state index contributed by atoms with van der Waals surface area (Å²) in [5, 5.41) is 9.79. The first kappa shape index (κ1) is 13.8. The van der Waals surface area contributed by atoms with Crippen LogP contribution in [-0.2, 0) is 16.2 Å². The minimum Gasteiger partial charge on any atom is -0.465 e. The van der Waals surface area contributed by atoms with Gasteiger partial charge in [-0.15, -0.1) is 0 Å². The molecule has 1 unspecified atom stereocenters. The van der Waals surface area contributed by atoms with E-state index in [1.54, 1.807) is 18.2 Å². The number of aliphatic hydroxyl groups is 1. The highest BCUT2D eigenvalue weighted by molar-refractivity contribution is 5.74. The molecule has 1 aliphatic rings. The van der Waals surface area contributed by atoms with Gasteiger partial charge in [0.2, 0.25) is 0 Å². The summed E-state index contributed by atoms with van der Waals surface area (Å²) in [6.07, 6.45) is -0.232. The Morgan fingerprint density at radius 3 is 3.05 bits per heavy atom. The van der Waals surface area contributed by atoms with E-state index in [9.17, 15) is 14.7 Å². The summed E-state index contributed by atoms with van der Waals surface area (Å²) in [6, 6.07) is 6.66. The Morgan fingerprint density at radius 1 is 1.52 bits per heavy atom. The van der Waals surface area contributed by atoms with E-state index in [0.717, 1.165) is 4.90 Å². The van der Waals surface area contributed by atoms with Crippen molar-refractivity contribution < 1.29 is 24.0 Å². The predicted octanol–water partition coefficient (Wildman–Crippen LogP) is -1.26. The number of quaternary nitrogens is 1. The number of nitrogens with one attached hydrogen (secondary N) is 1. The Bertz CT molecular complexity index is 719. The quantitative estimate of drug-likeness (QED) is 0.690. The average molecular weight is 293 g/mol. The summed E-state index contributed by atoms with van der Waals surface area (Å²) >= 11 is 0.